The minimum absolute atomic E-state index is 0.0164. The Morgan fingerprint density at radius 3 is 2.70 bits per heavy atom. The number of rotatable bonds is 4. The van der Waals surface area contributed by atoms with Crippen molar-refractivity contribution in [1.29, 1.82) is 0 Å². The molecule has 0 aliphatic heterocycles. The summed E-state index contributed by atoms with van der Waals surface area (Å²) < 4.78 is 5.16. The van der Waals surface area contributed by atoms with Crippen molar-refractivity contribution in [2.24, 2.45) is 0 Å². The summed E-state index contributed by atoms with van der Waals surface area (Å²) in [4.78, 5) is 14.2. The quantitative estimate of drug-likeness (QED) is 0.523. The molecule has 0 radical (unpaired) electrons. The highest BCUT2D eigenvalue weighted by Gasteiger charge is 2.12. The van der Waals surface area contributed by atoms with Crippen LogP contribution >= 0.6 is 23.2 Å². The van der Waals surface area contributed by atoms with Crippen LogP contribution in [-0.2, 0) is 0 Å². The maximum atomic E-state index is 10.8. The Balaban J connectivity index is 2.39. The number of nitrogens with zero attached hydrogens (tertiary/aromatic N) is 2. The summed E-state index contributed by atoms with van der Waals surface area (Å²) in [6, 6.07) is 7.39. The number of aromatic nitrogens is 1. The predicted molar refractivity (Wildman–Crippen MR) is 77.2 cm³/mol. The highest BCUT2D eigenvalue weighted by Crippen LogP contribution is 2.31. The topological polar surface area (TPSA) is 77.3 Å². The number of ether oxygens (including phenoxy) is 1. The molecule has 1 N–H and O–H groups in total. The van der Waals surface area contributed by atoms with Gasteiger partial charge in [0.1, 0.15) is 16.7 Å². The van der Waals surface area contributed by atoms with Gasteiger partial charge in [0.15, 0.2) is 0 Å². The van der Waals surface area contributed by atoms with Gasteiger partial charge >= 0.3 is 0 Å². The number of nitro groups is 1. The molecular formula is C12H9Cl2N3O3. The summed E-state index contributed by atoms with van der Waals surface area (Å²) >= 11 is 11.7. The van der Waals surface area contributed by atoms with E-state index in [0.717, 1.165) is 0 Å². The molecule has 2 rings (SSSR count). The molecule has 0 unspecified atom stereocenters. The van der Waals surface area contributed by atoms with Gasteiger partial charge in [0, 0.05) is 5.02 Å². The lowest BCUT2D eigenvalue weighted by Crippen LogP contribution is -1.98. The number of hydrogen-bond donors (Lipinski definition) is 1. The molecule has 0 saturated heterocycles. The molecule has 1 aromatic heterocycles. The Bertz CT molecular complexity index is 664. The molecule has 1 heterocycles. The second-order valence-corrected chi connectivity index (χ2v) is 4.58. The van der Waals surface area contributed by atoms with Crippen LogP contribution in [0.2, 0.25) is 10.2 Å². The highest BCUT2D eigenvalue weighted by molar-refractivity contribution is 6.31. The van der Waals surface area contributed by atoms with Gasteiger partial charge in [-0.05, 0) is 18.2 Å². The molecule has 20 heavy (non-hydrogen) atoms. The third-order valence-corrected chi connectivity index (χ3v) is 2.84. The Morgan fingerprint density at radius 2 is 2.05 bits per heavy atom. The Hall–Kier alpha value is -2.05. The molecule has 0 fully saturated rings. The fourth-order valence-corrected chi connectivity index (χ4v) is 1.94. The first kappa shape index (κ1) is 14.4. The van der Waals surface area contributed by atoms with E-state index < -0.39 is 4.92 Å². The van der Waals surface area contributed by atoms with Crippen LogP contribution in [0.5, 0.6) is 5.75 Å². The lowest BCUT2D eigenvalue weighted by Gasteiger charge is -2.11. The fourth-order valence-electron chi connectivity index (χ4n) is 1.57. The van der Waals surface area contributed by atoms with Gasteiger partial charge in [-0.15, -0.1) is 0 Å². The van der Waals surface area contributed by atoms with Crippen LogP contribution in [0, 0.1) is 10.1 Å². The van der Waals surface area contributed by atoms with Gasteiger partial charge in [-0.3, -0.25) is 10.1 Å². The van der Waals surface area contributed by atoms with Crippen LogP contribution in [0.25, 0.3) is 0 Å². The highest BCUT2D eigenvalue weighted by atomic mass is 35.5. The second-order valence-electron chi connectivity index (χ2n) is 3.76. The first-order valence-corrected chi connectivity index (χ1v) is 6.17. The maximum Gasteiger partial charge on any atom is 0.276 e. The molecule has 0 aliphatic carbocycles. The zero-order chi connectivity index (χ0) is 14.7. The van der Waals surface area contributed by atoms with Crippen LogP contribution in [0.1, 0.15) is 0 Å². The molecule has 0 amide bonds. The third kappa shape index (κ3) is 3.28. The summed E-state index contributed by atoms with van der Waals surface area (Å²) in [6.45, 7) is 0. The first-order chi connectivity index (χ1) is 9.49. The van der Waals surface area contributed by atoms with Gasteiger partial charge in [0.05, 0.1) is 29.9 Å². The summed E-state index contributed by atoms with van der Waals surface area (Å²) in [7, 11) is 1.50. The number of methoxy groups -OCH3 is 1. The van der Waals surface area contributed by atoms with Crippen LogP contribution in [0.15, 0.2) is 30.3 Å². The molecular weight excluding hydrogens is 305 g/mol. The normalized spacial score (nSPS) is 10.2. The van der Waals surface area contributed by atoms with Gasteiger partial charge in [-0.25, -0.2) is 4.98 Å². The molecule has 8 heteroatoms. The zero-order valence-corrected chi connectivity index (χ0v) is 11.8. The lowest BCUT2D eigenvalue weighted by molar-refractivity contribution is -0.384. The van der Waals surface area contributed by atoms with Crippen molar-refractivity contribution >= 4 is 40.4 Å². The van der Waals surface area contributed by atoms with Gasteiger partial charge in [0.2, 0.25) is 0 Å². The minimum Gasteiger partial charge on any atom is -0.495 e. The van der Waals surface area contributed by atoms with E-state index in [1.807, 2.05) is 0 Å². The average Bonchev–Trinajstić information content (AvgIpc) is 2.38. The Morgan fingerprint density at radius 1 is 1.30 bits per heavy atom. The first-order valence-electron chi connectivity index (χ1n) is 5.42. The van der Waals surface area contributed by atoms with Crippen molar-refractivity contribution in [2.75, 3.05) is 12.4 Å². The number of halogens is 2. The molecule has 0 aliphatic rings. The number of anilines is 2. The van der Waals surface area contributed by atoms with Crippen molar-refractivity contribution in [2.45, 2.75) is 0 Å². The standard InChI is InChI=1S/C12H9Cl2N3O3/c1-20-10-3-2-7(13)4-9(10)15-12-6-8(17(18)19)5-11(14)16-12/h2-6H,1H3,(H,15,16). The van der Waals surface area contributed by atoms with E-state index in [9.17, 15) is 10.1 Å². The van der Waals surface area contributed by atoms with Crippen molar-refractivity contribution in [3.05, 3.63) is 50.6 Å². The number of benzene rings is 1. The second kappa shape index (κ2) is 5.94. The smallest absolute Gasteiger partial charge is 0.276 e. The maximum absolute atomic E-state index is 10.8. The van der Waals surface area contributed by atoms with Gasteiger partial charge < -0.3 is 10.1 Å². The molecule has 0 saturated carbocycles. The minimum atomic E-state index is -0.548. The number of hydrogen-bond acceptors (Lipinski definition) is 5. The number of nitrogens with one attached hydrogen (secondary N) is 1. The molecule has 0 bridgehead atoms. The summed E-state index contributed by atoms with van der Waals surface area (Å²) in [5.41, 5.74) is 0.373. The molecule has 0 atom stereocenters. The van der Waals surface area contributed by atoms with Crippen molar-refractivity contribution < 1.29 is 9.66 Å². The van der Waals surface area contributed by atoms with Crippen molar-refractivity contribution in [3.8, 4) is 5.75 Å². The van der Waals surface area contributed by atoms with E-state index in [0.29, 0.717) is 16.5 Å². The van der Waals surface area contributed by atoms with Crippen LogP contribution in [0.3, 0.4) is 0 Å². The van der Waals surface area contributed by atoms with Gasteiger partial charge in [-0.1, -0.05) is 23.2 Å². The van der Waals surface area contributed by atoms with E-state index in [-0.39, 0.29) is 16.7 Å². The van der Waals surface area contributed by atoms with E-state index in [4.69, 9.17) is 27.9 Å². The van der Waals surface area contributed by atoms with E-state index >= 15 is 0 Å². The molecule has 2 aromatic rings. The monoisotopic (exact) mass is 313 g/mol. The van der Waals surface area contributed by atoms with Crippen LogP contribution < -0.4 is 10.1 Å². The van der Waals surface area contributed by atoms with Crippen molar-refractivity contribution in [3.63, 3.8) is 0 Å². The molecule has 0 spiro atoms. The predicted octanol–water partition coefficient (Wildman–Crippen LogP) is 4.05. The third-order valence-electron chi connectivity index (χ3n) is 2.41. The summed E-state index contributed by atoms with van der Waals surface area (Å²) in [5, 5.41) is 14.2. The molecule has 6 nitrogen and oxygen atoms in total. The fraction of sp³-hybridized carbons (Fsp3) is 0.0833. The van der Waals surface area contributed by atoms with E-state index in [2.05, 4.69) is 10.3 Å². The van der Waals surface area contributed by atoms with Crippen molar-refractivity contribution in [1.82, 2.24) is 4.98 Å². The molecule has 1 aromatic carbocycles. The zero-order valence-electron chi connectivity index (χ0n) is 10.3. The number of pyridine rings is 1. The van der Waals surface area contributed by atoms with E-state index in [1.54, 1.807) is 18.2 Å². The summed E-state index contributed by atoms with van der Waals surface area (Å²) in [6.07, 6.45) is 0. The Labute approximate surface area is 124 Å². The average molecular weight is 314 g/mol. The van der Waals surface area contributed by atoms with E-state index in [1.165, 1.54) is 19.2 Å². The Kier molecular flexibility index (Phi) is 4.26. The van der Waals surface area contributed by atoms with Gasteiger partial charge in [0.25, 0.3) is 5.69 Å². The van der Waals surface area contributed by atoms with Crippen LogP contribution in [0.4, 0.5) is 17.2 Å². The largest absolute Gasteiger partial charge is 0.495 e. The molecule has 104 valence electrons. The SMILES string of the molecule is COc1ccc(Cl)cc1Nc1cc([N+](=O)[O-])cc(Cl)n1. The summed E-state index contributed by atoms with van der Waals surface area (Å²) in [5.74, 6) is 0.753. The lowest BCUT2D eigenvalue weighted by atomic mass is 10.3. The van der Waals surface area contributed by atoms with Gasteiger partial charge in [-0.2, -0.15) is 0 Å². The van der Waals surface area contributed by atoms with Crippen LogP contribution in [-0.4, -0.2) is 17.0 Å².